The number of fused-ring (bicyclic) bond motifs is 1. The average Bonchev–Trinajstić information content (AvgIpc) is 3.45. The van der Waals surface area contributed by atoms with Crippen molar-refractivity contribution in [3.8, 4) is 21.8 Å². The predicted molar refractivity (Wildman–Crippen MR) is 135 cm³/mol. The van der Waals surface area contributed by atoms with Crippen molar-refractivity contribution in [1.29, 1.82) is 0 Å². The van der Waals surface area contributed by atoms with Gasteiger partial charge in [-0.2, -0.15) is 5.10 Å². The number of carbonyl (C=O) groups is 1. The van der Waals surface area contributed by atoms with Gasteiger partial charge in [0.25, 0.3) is 0 Å². The van der Waals surface area contributed by atoms with Gasteiger partial charge in [-0.15, -0.1) is 0 Å². The molecule has 0 aliphatic carbocycles. The lowest BCUT2D eigenvalue weighted by Crippen LogP contribution is -2.37. The Balaban J connectivity index is 1.27. The van der Waals surface area contributed by atoms with Crippen molar-refractivity contribution in [3.63, 3.8) is 0 Å². The van der Waals surface area contributed by atoms with E-state index >= 15 is 0 Å². The van der Waals surface area contributed by atoms with Crippen LogP contribution >= 0.6 is 11.3 Å². The lowest BCUT2D eigenvalue weighted by atomic mass is 10.1. The Hall–Kier alpha value is -3.23. The second kappa shape index (κ2) is 9.95. The molecule has 0 saturated carbocycles. The minimum Gasteiger partial charge on any atom is -0.462 e. The predicted octanol–water partition coefficient (Wildman–Crippen LogP) is 5.31. The Bertz CT molecular complexity index is 1220. The quantitative estimate of drug-likeness (QED) is 0.337. The summed E-state index contributed by atoms with van der Waals surface area (Å²) >= 11 is 1.56. The number of aromatic nitrogens is 3. The molecular formula is C26H28N4O3S. The number of carbonyl (C=O) groups excluding carboxylic acids is 1. The average molecular weight is 477 g/mol. The maximum Gasteiger partial charge on any atom is 0.338 e. The first-order valence-corrected chi connectivity index (χ1v) is 12.6. The molecule has 1 aliphatic rings. The van der Waals surface area contributed by atoms with Crippen molar-refractivity contribution in [2.24, 2.45) is 0 Å². The smallest absolute Gasteiger partial charge is 0.338 e. The monoisotopic (exact) mass is 476 g/mol. The van der Waals surface area contributed by atoms with Crippen LogP contribution in [0, 0.1) is 0 Å². The van der Waals surface area contributed by atoms with E-state index in [9.17, 15) is 4.79 Å². The molecule has 0 bridgehead atoms. The lowest BCUT2D eigenvalue weighted by molar-refractivity contribution is 0.0459. The van der Waals surface area contributed by atoms with E-state index in [1.165, 1.54) is 5.69 Å². The summed E-state index contributed by atoms with van der Waals surface area (Å²) in [6.07, 6.45) is 4.47. The van der Waals surface area contributed by atoms with E-state index in [1.807, 2.05) is 22.8 Å². The summed E-state index contributed by atoms with van der Waals surface area (Å²) in [5.41, 5.74) is 4.63. The first-order chi connectivity index (χ1) is 16.6. The van der Waals surface area contributed by atoms with Gasteiger partial charge in [0.2, 0.25) is 4.96 Å². The minimum atomic E-state index is -0.313. The summed E-state index contributed by atoms with van der Waals surface area (Å²) in [5, 5.41) is 5.68. The van der Waals surface area contributed by atoms with Crippen LogP contribution in [0.15, 0.2) is 54.7 Å². The molecule has 5 rings (SSSR count). The van der Waals surface area contributed by atoms with E-state index in [1.54, 1.807) is 30.4 Å². The van der Waals surface area contributed by atoms with Crippen LogP contribution in [-0.2, 0) is 9.47 Å². The van der Waals surface area contributed by atoms with Gasteiger partial charge in [0.05, 0.1) is 30.2 Å². The fourth-order valence-electron chi connectivity index (χ4n) is 4.28. The summed E-state index contributed by atoms with van der Waals surface area (Å²) in [6, 6.07) is 15.9. The molecule has 176 valence electrons. The number of ether oxygens (including phenoxy) is 2. The maximum atomic E-state index is 11.9. The molecule has 0 unspecified atom stereocenters. The van der Waals surface area contributed by atoms with Crippen molar-refractivity contribution in [3.05, 3.63) is 60.3 Å². The van der Waals surface area contributed by atoms with Crippen LogP contribution < -0.4 is 4.90 Å². The zero-order chi connectivity index (χ0) is 23.5. The fraction of sp³-hybridized carbons (Fsp3) is 0.346. The zero-order valence-electron chi connectivity index (χ0n) is 19.4. The van der Waals surface area contributed by atoms with Gasteiger partial charge in [-0.3, -0.25) is 0 Å². The number of hydrogen-bond acceptors (Lipinski definition) is 7. The van der Waals surface area contributed by atoms with E-state index in [0.717, 1.165) is 59.3 Å². The number of benzene rings is 2. The normalized spacial score (nSPS) is 14.6. The lowest BCUT2D eigenvalue weighted by Gasteiger charge is -2.33. The number of esters is 1. The molecule has 1 fully saturated rings. The first kappa shape index (κ1) is 22.6. The Labute approximate surface area is 203 Å². The van der Waals surface area contributed by atoms with E-state index in [0.29, 0.717) is 18.3 Å². The van der Waals surface area contributed by atoms with E-state index in [4.69, 9.17) is 19.6 Å². The summed E-state index contributed by atoms with van der Waals surface area (Å²) in [6.45, 7) is 7.07. The summed E-state index contributed by atoms with van der Waals surface area (Å²) in [5.74, 6) is -0.313. The first-order valence-electron chi connectivity index (χ1n) is 11.8. The molecule has 34 heavy (non-hydrogen) atoms. The Kier molecular flexibility index (Phi) is 6.60. The van der Waals surface area contributed by atoms with Gasteiger partial charge < -0.3 is 14.4 Å². The molecule has 8 heteroatoms. The molecular weight excluding hydrogens is 448 g/mol. The molecule has 1 saturated heterocycles. The minimum absolute atomic E-state index is 0.313. The molecule has 4 aromatic rings. The van der Waals surface area contributed by atoms with Gasteiger partial charge in [-0.1, -0.05) is 23.5 Å². The topological polar surface area (TPSA) is 69.0 Å². The molecule has 0 radical (unpaired) electrons. The summed E-state index contributed by atoms with van der Waals surface area (Å²) < 4.78 is 12.6. The second-order valence-electron chi connectivity index (χ2n) is 8.25. The van der Waals surface area contributed by atoms with Crippen LogP contribution in [-0.4, -0.2) is 53.0 Å². The zero-order valence-corrected chi connectivity index (χ0v) is 20.3. The molecule has 1 aliphatic heterocycles. The van der Waals surface area contributed by atoms with Crippen LogP contribution in [0.3, 0.4) is 0 Å². The maximum absolute atomic E-state index is 11.9. The molecule has 0 spiro atoms. The molecule has 0 amide bonds. The standard InChI is InChI=1S/C26H28N4O3S/c1-3-32-22-13-15-29(16-14-22)21-11-9-19(10-12-21)24-28-30-17-23(27-26(30)34-24)18-5-7-20(8-6-18)25(31)33-4-2/h5-12,17,22H,3-4,13-16H2,1-2H3. The van der Waals surface area contributed by atoms with E-state index in [2.05, 4.69) is 36.1 Å². The number of nitrogens with zero attached hydrogens (tertiary/aromatic N) is 4. The Morgan fingerprint density at radius 1 is 1.00 bits per heavy atom. The number of imidazole rings is 1. The Morgan fingerprint density at radius 2 is 1.71 bits per heavy atom. The van der Waals surface area contributed by atoms with Crippen LogP contribution in [0.4, 0.5) is 5.69 Å². The van der Waals surface area contributed by atoms with Crippen molar-refractivity contribution in [2.75, 3.05) is 31.2 Å². The van der Waals surface area contributed by atoms with Gasteiger partial charge in [0.15, 0.2) is 0 Å². The van der Waals surface area contributed by atoms with Crippen molar-refractivity contribution in [1.82, 2.24) is 14.6 Å². The highest BCUT2D eigenvalue weighted by atomic mass is 32.1. The molecule has 0 atom stereocenters. The van der Waals surface area contributed by atoms with Crippen molar-refractivity contribution in [2.45, 2.75) is 32.8 Å². The highest BCUT2D eigenvalue weighted by Crippen LogP contribution is 2.30. The van der Waals surface area contributed by atoms with Crippen LogP contribution in [0.25, 0.3) is 26.8 Å². The highest BCUT2D eigenvalue weighted by molar-refractivity contribution is 7.19. The second-order valence-corrected chi connectivity index (χ2v) is 9.20. The summed E-state index contributed by atoms with van der Waals surface area (Å²) in [7, 11) is 0. The molecule has 3 heterocycles. The van der Waals surface area contributed by atoms with Crippen LogP contribution in [0.2, 0.25) is 0 Å². The molecule has 0 N–H and O–H groups in total. The van der Waals surface area contributed by atoms with E-state index < -0.39 is 0 Å². The summed E-state index contributed by atoms with van der Waals surface area (Å²) in [4.78, 5) is 19.8. The van der Waals surface area contributed by atoms with Crippen molar-refractivity contribution < 1.29 is 14.3 Å². The third-order valence-electron chi connectivity index (χ3n) is 6.06. The van der Waals surface area contributed by atoms with Crippen LogP contribution in [0.5, 0.6) is 0 Å². The van der Waals surface area contributed by atoms with Gasteiger partial charge in [-0.25, -0.2) is 14.3 Å². The molecule has 7 nitrogen and oxygen atoms in total. The highest BCUT2D eigenvalue weighted by Gasteiger charge is 2.20. The number of piperidine rings is 1. The number of rotatable bonds is 7. The molecule has 2 aromatic carbocycles. The number of anilines is 1. The largest absolute Gasteiger partial charge is 0.462 e. The van der Waals surface area contributed by atoms with Gasteiger partial charge in [0.1, 0.15) is 5.01 Å². The third kappa shape index (κ3) is 4.69. The Morgan fingerprint density at radius 3 is 2.35 bits per heavy atom. The van der Waals surface area contributed by atoms with Gasteiger partial charge >= 0.3 is 5.97 Å². The van der Waals surface area contributed by atoms with Crippen molar-refractivity contribution >= 4 is 28.0 Å². The SMILES string of the molecule is CCOC(=O)c1ccc(-c2cn3nc(-c4ccc(N5CCC(OCC)CC5)cc4)sc3n2)cc1. The van der Waals surface area contributed by atoms with E-state index in [-0.39, 0.29) is 5.97 Å². The van der Waals surface area contributed by atoms with Crippen LogP contribution in [0.1, 0.15) is 37.0 Å². The third-order valence-corrected chi connectivity index (χ3v) is 7.03. The van der Waals surface area contributed by atoms with Gasteiger partial charge in [0, 0.05) is 36.5 Å². The fourth-order valence-corrected chi connectivity index (χ4v) is 5.17. The number of hydrogen-bond donors (Lipinski definition) is 0. The van der Waals surface area contributed by atoms with Gasteiger partial charge in [-0.05, 0) is 63.1 Å². The molecule has 2 aromatic heterocycles.